The molecule has 0 fully saturated rings. The Bertz CT molecular complexity index is 1230. The van der Waals surface area contributed by atoms with Gasteiger partial charge in [0.05, 0.1) is 14.2 Å². The van der Waals surface area contributed by atoms with Gasteiger partial charge in [0.25, 0.3) is 10.4 Å². The minimum absolute atomic E-state index is 0. The molecule has 0 radical (unpaired) electrons. The van der Waals surface area contributed by atoms with Crippen molar-refractivity contribution in [2.24, 2.45) is 0 Å². The smallest absolute Gasteiger partial charge is 0.716 e. The van der Waals surface area contributed by atoms with Gasteiger partial charge in [-0.25, -0.2) is 8.42 Å². The third-order valence-electron chi connectivity index (χ3n) is 3.77. The van der Waals surface area contributed by atoms with Crippen molar-refractivity contribution in [1.82, 2.24) is 0 Å². The molecule has 0 amide bonds. The molecule has 1 aromatic heterocycles. The molecular weight excluding hydrogens is 435 g/mol. The van der Waals surface area contributed by atoms with Crippen LogP contribution in [0.3, 0.4) is 0 Å². The van der Waals surface area contributed by atoms with Crippen LogP contribution in [0.2, 0.25) is 0 Å². The second-order valence-corrected chi connectivity index (χ2v) is 6.47. The number of rotatable bonds is 5. The fourth-order valence-corrected chi connectivity index (χ4v) is 2.92. The molecule has 0 spiro atoms. The molecule has 0 aliphatic rings. The van der Waals surface area contributed by atoms with E-state index in [-0.39, 0.29) is 79.8 Å². The van der Waals surface area contributed by atoms with E-state index in [0.717, 1.165) is 6.07 Å². The summed E-state index contributed by atoms with van der Waals surface area (Å²) in [6.07, 6.45) is 0. The first-order valence-electron chi connectivity index (χ1n) is 7.55. The summed E-state index contributed by atoms with van der Waals surface area (Å²) in [7, 11) is -2.74. The van der Waals surface area contributed by atoms with Crippen LogP contribution in [0.25, 0.3) is 22.3 Å². The summed E-state index contributed by atoms with van der Waals surface area (Å²) in [5.74, 6) is -2.02. The molecule has 0 aliphatic heterocycles. The van der Waals surface area contributed by atoms with Gasteiger partial charge in [-0.1, -0.05) is 0 Å². The number of fused-ring (bicyclic) bond motifs is 1. The van der Waals surface area contributed by atoms with Gasteiger partial charge < -0.3 is 32.8 Å². The Labute approximate surface area is 207 Å². The van der Waals surface area contributed by atoms with Crippen molar-refractivity contribution in [1.29, 1.82) is 0 Å². The molecule has 0 saturated carbocycles. The van der Waals surface area contributed by atoms with E-state index in [1.165, 1.54) is 38.5 Å². The molecule has 0 unspecified atom stereocenters. The van der Waals surface area contributed by atoms with Gasteiger partial charge in [-0.15, -0.1) is 0 Å². The normalized spacial score (nSPS) is 11.0. The molecule has 148 valence electrons. The van der Waals surface area contributed by atoms with E-state index in [9.17, 15) is 28.0 Å². The number of hydrogen-bond donors (Lipinski definition) is 2. The van der Waals surface area contributed by atoms with E-state index >= 15 is 0 Å². The van der Waals surface area contributed by atoms with Gasteiger partial charge in [-0.3, -0.25) is 4.79 Å². The molecule has 10 nitrogen and oxygen atoms in total. The van der Waals surface area contributed by atoms with Gasteiger partial charge in [0, 0.05) is 17.7 Å². The molecule has 1 heterocycles. The summed E-state index contributed by atoms with van der Waals surface area (Å²) >= 11 is 0. The van der Waals surface area contributed by atoms with Gasteiger partial charge in [0.1, 0.15) is 22.5 Å². The molecule has 0 aliphatic carbocycles. The summed E-state index contributed by atoms with van der Waals surface area (Å²) in [5, 5.41) is 19.4. The third-order valence-corrected chi connectivity index (χ3v) is 4.14. The Balaban J connectivity index is 0.00000300. The van der Waals surface area contributed by atoms with Gasteiger partial charge in [-0.2, -0.15) is 0 Å². The second kappa shape index (κ2) is 8.91. The number of phenolic OH excluding ortho intramolecular Hbond substituents is 2. The molecule has 0 saturated heterocycles. The van der Waals surface area contributed by atoms with E-state index in [4.69, 9.17) is 13.9 Å². The van der Waals surface area contributed by atoms with Gasteiger partial charge >= 0.3 is 51.4 Å². The van der Waals surface area contributed by atoms with Gasteiger partial charge in [-0.05, 0) is 18.2 Å². The third kappa shape index (κ3) is 4.86. The van der Waals surface area contributed by atoms with Crippen LogP contribution >= 0.6 is 0 Å². The van der Waals surface area contributed by atoms with Gasteiger partial charge in [0.15, 0.2) is 17.3 Å². The number of ether oxygens (including phenoxy) is 2. The van der Waals surface area contributed by atoms with Crippen molar-refractivity contribution >= 4 is 21.4 Å². The van der Waals surface area contributed by atoms with Crippen LogP contribution in [0, 0.1) is 0 Å². The zero-order chi connectivity index (χ0) is 20.6. The van der Waals surface area contributed by atoms with E-state index in [1.807, 2.05) is 0 Å². The van der Waals surface area contributed by atoms with Crippen LogP contribution in [-0.4, -0.2) is 37.4 Å². The predicted molar refractivity (Wildman–Crippen MR) is 94.7 cm³/mol. The summed E-state index contributed by atoms with van der Waals surface area (Å²) < 4.78 is 53.2. The maximum atomic E-state index is 12.8. The molecular formula is C17H13KO10S. The molecule has 29 heavy (non-hydrogen) atoms. The average Bonchev–Trinajstić information content (AvgIpc) is 2.62. The van der Waals surface area contributed by atoms with Crippen molar-refractivity contribution in [3.05, 3.63) is 40.6 Å². The Morgan fingerprint density at radius 2 is 1.72 bits per heavy atom. The maximum absolute atomic E-state index is 12.8. The Morgan fingerprint density at radius 3 is 2.31 bits per heavy atom. The summed E-state index contributed by atoms with van der Waals surface area (Å²) in [6, 6.07) is 6.12. The number of phenols is 2. The van der Waals surface area contributed by atoms with Crippen molar-refractivity contribution in [3.63, 3.8) is 0 Å². The monoisotopic (exact) mass is 448 g/mol. The van der Waals surface area contributed by atoms with E-state index < -0.39 is 38.5 Å². The van der Waals surface area contributed by atoms with E-state index in [0.29, 0.717) is 0 Å². The first-order chi connectivity index (χ1) is 13.1. The number of methoxy groups -OCH3 is 2. The second-order valence-electron chi connectivity index (χ2n) is 5.49. The first kappa shape index (κ1) is 23.5. The number of benzene rings is 2. The largest absolute Gasteiger partial charge is 1.00 e. The van der Waals surface area contributed by atoms with Crippen molar-refractivity contribution < 1.29 is 92.6 Å². The van der Waals surface area contributed by atoms with Gasteiger partial charge in [0.2, 0.25) is 11.2 Å². The topological polar surface area (TPSA) is 156 Å². The summed E-state index contributed by atoms with van der Waals surface area (Å²) in [4.78, 5) is 12.8. The Kier molecular flexibility index (Phi) is 7.21. The zero-order valence-corrected chi connectivity index (χ0v) is 19.4. The van der Waals surface area contributed by atoms with Crippen LogP contribution in [0.1, 0.15) is 0 Å². The summed E-state index contributed by atoms with van der Waals surface area (Å²) in [5.41, 5.74) is -1.18. The number of hydrogen-bond acceptors (Lipinski definition) is 10. The molecule has 3 rings (SSSR count). The zero-order valence-electron chi connectivity index (χ0n) is 15.5. The molecule has 12 heteroatoms. The van der Waals surface area contributed by atoms with Crippen LogP contribution < -0.4 is 70.5 Å². The number of aromatic hydroxyl groups is 2. The summed E-state index contributed by atoms with van der Waals surface area (Å²) in [6.45, 7) is 0. The quantitative estimate of drug-likeness (QED) is 0.274. The molecule has 2 N–H and O–H groups in total. The van der Waals surface area contributed by atoms with Crippen molar-refractivity contribution in [2.75, 3.05) is 14.2 Å². The standard InChI is InChI=1S/C17H14O10S.K/c1-24-9-6-11(19)14-13(7-9)26-16(17(15(14)20)27-28(21,22)23)8-3-4-10(18)12(5-8)25-2;/h3-7,18-19H,1-2H3,(H,21,22,23);/q;+1/p-1. The van der Waals surface area contributed by atoms with Crippen LogP contribution in [-0.2, 0) is 10.4 Å². The SMILES string of the molecule is COc1cc(O)c2c(=O)c(OS(=O)(=O)[O-])c(-c3ccc(O)c(OC)c3)oc2c1.[K+]. The fourth-order valence-electron chi connectivity index (χ4n) is 2.56. The molecule has 0 atom stereocenters. The predicted octanol–water partition coefficient (Wildman–Crippen LogP) is -1.27. The van der Waals surface area contributed by atoms with Crippen molar-refractivity contribution in [3.8, 4) is 40.1 Å². The minimum atomic E-state index is -5.35. The Hall–Kier alpha value is -1.80. The van der Waals surface area contributed by atoms with Crippen LogP contribution in [0.15, 0.2) is 39.5 Å². The first-order valence-corrected chi connectivity index (χ1v) is 8.88. The maximum Gasteiger partial charge on any atom is 1.00 e. The Morgan fingerprint density at radius 1 is 1.03 bits per heavy atom. The molecule has 0 bridgehead atoms. The van der Waals surface area contributed by atoms with Crippen molar-refractivity contribution in [2.45, 2.75) is 0 Å². The average molecular weight is 448 g/mol. The minimum Gasteiger partial charge on any atom is -0.716 e. The molecule has 2 aromatic carbocycles. The van der Waals surface area contributed by atoms with Crippen LogP contribution in [0.4, 0.5) is 0 Å². The van der Waals surface area contributed by atoms with Crippen LogP contribution in [0.5, 0.6) is 28.7 Å². The fraction of sp³-hybridized carbons (Fsp3) is 0.118. The van der Waals surface area contributed by atoms with E-state index in [2.05, 4.69) is 4.18 Å². The van der Waals surface area contributed by atoms with E-state index in [1.54, 1.807) is 0 Å². The molecule has 3 aromatic rings.